The lowest BCUT2D eigenvalue weighted by molar-refractivity contribution is 0.349. The standard InChI is InChI=1S/C8H12N2O2.2ClH/c1-11-7-3-4-10-6(5-9)8(7)12-2;;/h3-4H,5,9H2,1-2H3;2*1H. The van der Waals surface area contributed by atoms with Crippen molar-refractivity contribution in [3.63, 3.8) is 0 Å². The minimum atomic E-state index is 0. The van der Waals surface area contributed by atoms with Gasteiger partial charge in [-0.2, -0.15) is 0 Å². The topological polar surface area (TPSA) is 57.4 Å². The maximum Gasteiger partial charge on any atom is 0.183 e. The summed E-state index contributed by atoms with van der Waals surface area (Å²) in [4.78, 5) is 4.05. The van der Waals surface area contributed by atoms with Gasteiger partial charge in [-0.1, -0.05) is 0 Å². The number of rotatable bonds is 3. The van der Waals surface area contributed by atoms with Crippen molar-refractivity contribution in [3.8, 4) is 11.5 Å². The Hall–Kier alpha value is -0.710. The molecule has 0 aliphatic rings. The van der Waals surface area contributed by atoms with Crippen molar-refractivity contribution >= 4 is 24.8 Å². The smallest absolute Gasteiger partial charge is 0.183 e. The summed E-state index contributed by atoms with van der Waals surface area (Å²) in [5.74, 6) is 1.27. The molecule has 1 rings (SSSR count). The molecule has 0 aliphatic heterocycles. The third-order valence-electron chi connectivity index (χ3n) is 1.56. The first kappa shape index (κ1) is 15.7. The van der Waals surface area contributed by atoms with E-state index >= 15 is 0 Å². The fourth-order valence-corrected chi connectivity index (χ4v) is 0.996. The van der Waals surface area contributed by atoms with E-state index in [2.05, 4.69) is 4.98 Å². The molecule has 14 heavy (non-hydrogen) atoms. The molecule has 0 spiro atoms. The minimum Gasteiger partial charge on any atom is -0.493 e. The summed E-state index contributed by atoms with van der Waals surface area (Å²) in [5, 5.41) is 0. The number of ether oxygens (including phenoxy) is 2. The number of hydrogen-bond donors (Lipinski definition) is 1. The maximum absolute atomic E-state index is 5.45. The van der Waals surface area contributed by atoms with Gasteiger partial charge in [-0.15, -0.1) is 24.8 Å². The quantitative estimate of drug-likeness (QED) is 0.868. The average Bonchev–Trinajstić information content (AvgIpc) is 2.16. The van der Waals surface area contributed by atoms with Crippen LogP contribution in [-0.2, 0) is 6.54 Å². The molecule has 0 radical (unpaired) electrons. The summed E-state index contributed by atoms with van der Waals surface area (Å²) in [6.07, 6.45) is 1.64. The van der Waals surface area contributed by atoms with Gasteiger partial charge in [0.25, 0.3) is 0 Å². The van der Waals surface area contributed by atoms with Gasteiger partial charge in [0, 0.05) is 18.8 Å². The lowest BCUT2D eigenvalue weighted by Crippen LogP contribution is -2.03. The van der Waals surface area contributed by atoms with Gasteiger partial charge in [0.15, 0.2) is 11.5 Å². The van der Waals surface area contributed by atoms with Gasteiger partial charge in [-0.25, -0.2) is 0 Å². The second-order valence-corrected chi connectivity index (χ2v) is 2.20. The maximum atomic E-state index is 5.45. The Labute approximate surface area is 95.6 Å². The van der Waals surface area contributed by atoms with Crippen LogP contribution in [-0.4, -0.2) is 19.2 Å². The monoisotopic (exact) mass is 240 g/mol. The van der Waals surface area contributed by atoms with E-state index in [-0.39, 0.29) is 24.8 Å². The van der Waals surface area contributed by atoms with Crippen LogP contribution in [0.5, 0.6) is 11.5 Å². The summed E-state index contributed by atoms with van der Waals surface area (Å²) in [7, 11) is 3.15. The van der Waals surface area contributed by atoms with E-state index in [4.69, 9.17) is 15.2 Å². The first-order valence-electron chi connectivity index (χ1n) is 3.59. The van der Waals surface area contributed by atoms with Crippen molar-refractivity contribution in [3.05, 3.63) is 18.0 Å². The van der Waals surface area contributed by atoms with Crippen LogP contribution in [0.2, 0.25) is 0 Å². The van der Waals surface area contributed by atoms with Crippen LogP contribution >= 0.6 is 24.8 Å². The molecule has 0 unspecified atom stereocenters. The van der Waals surface area contributed by atoms with Crippen LogP contribution in [0.1, 0.15) is 5.69 Å². The summed E-state index contributed by atoms with van der Waals surface area (Å²) in [6.45, 7) is 0.348. The van der Waals surface area contributed by atoms with Gasteiger partial charge in [0.05, 0.1) is 19.9 Å². The predicted molar refractivity (Wildman–Crippen MR) is 59.7 cm³/mol. The van der Waals surface area contributed by atoms with Crippen LogP contribution < -0.4 is 15.2 Å². The molecule has 0 amide bonds. The molecule has 82 valence electrons. The Balaban J connectivity index is 0. The Morgan fingerprint density at radius 2 is 1.93 bits per heavy atom. The highest BCUT2D eigenvalue weighted by Crippen LogP contribution is 2.28. The second-order valence-electron chi connectivity index (χ2n) is 2.20. The van der Waals surface area contributed by atoms with E-state index in [1.165, 1.54) is 0 Å². The Morgan fingerprint density at radius 1 is 1.29 bits per heavy atom. The molecule has 0 fully saturated rings. The molecule has 2 N–H and O–H groups in total. The van der Waals surface area contributed by atoms with Gasteiger partial charge in [0.2, 0.25) is 0 Å². The van der Waals surface area contributed by atoms with Gasteiger partial charge in [-0.3, -0.25) is 4.98 Å². The van der Waals surface area contributed by atoms with E-state index in [1.807, 2.05) is 0 Å². The minimum absolute atomic E-state index is 0. The zero-order chi connectivity index (χ0) is 8.97. The molecule has 1 aromatic rings. The molecular formula is C8H14Cl2N2O2. The molecule has 1 aromatic heterocycles. The zero-order valence-corrected chi connectivity index (χ0v) is 9.65. The summed E-state index contributed by atoms with van der Waals surface area (Å²) in [6, 6.07) is 1.73. The second kappa shape index (κ2) is 7.67. The van der Waals surface area contributed by atoms with Crippen LogP contribution in [0.15, 0.2) is 12.3 Å². The third-order valence-corrected chi connectivity index (χ3v) is 1.56. The molecule has 0 aliphatic carbocycles. The molecule has 4 nitrogen and oxygen atoms in total. The van der Waals surface area contributed by atoms with Gasteiger partial charge >= 0.3 is 0 Å². The number of hydrogen-bond acceptors (Lipinski definition) is 4. The van der Waals surface area contributed by atoms with Crippen molar-refractivity contribution in [1.29, 1.82) is 0 Å². The molecule has 0 saturated carbocycles. The number of nitrogens with zero attached hydrogens (tertiary/aromatic N) is 1. The number of nitrogens with two attached hydrogens (primary N) is 1. The van der Waals surface area contributed by atoms with Crippen molar-refractivity contribution in [2.75, 3.05) is 14.2 Å². The number of aromatic nitrogens is 1. The molecule has 6 heteroatoms. The predicted octanol–water partition coefficient (Wildman–Crippen LogP) is 1.40. The lowest BCUT2D eigenvalue weighted by atomic mass is 10.3. The van der Waals surface area contributed by atoms with Crippen molar-refractivity contribution in [2.45, 2.75) is 6.54 Å². The SMILES string of the molecule is COc1ccnc(CN)c1OC.Cl.Cl. The Morgan fingerprint density at radius 3 is 2.36 bits per heavy atom. The van der Waals surface area contributed by atoms with E-state index in [0.717, 1.165) is 0 Å². The summed E-state index contributed by atoms with van der Waals surface area (Å²) in [5.41, 5.74) is 6.16. The highest BCUT2D eigenvalue weighted by molar-refractivity contribution is 5.85. The van der Waals surface area contributed by atoms with Gasteiger partial charge in [-0.05, 0) is 0 Å². The van der Waals surface area contributed by atoms with Crippen LogP contribution in [0.3, 0.4) is 0 Å². The van der Waals surface area contributed by atoms with E-state index in [9.17, 15) is 0 Å². The molecule has 0 saturated heterocycles. The van der Waals surface area contributed by atoms with Crippen LogP contribution in [0, 0.1) is 0 Å². The highest BCUT2D eigenvalue weighted by Gasteiger charge is 2.08. The van der Waals surface area contributed by atoms with E-state index < -0.39 is 0 Å². The first-order chi connectivity index (χ1) is 5.83. The van der Waals surface area contributed by atoms with Crippen molar-refractivity contribution < 1.29 is 9.47 Å². The molecular weight excluding hydrogens is 227 g/mol. The fraction of sp³-hybridized carbons (Fsp3) is 0.375. The summed E-state index contributed by atoms with van der Waals surface area (Å²) >= 11 is 0. The average molecular weight is 241 g/mol. The van der Waals surface area contributed by atoms with Crippen molar-refractivity contribution in [1.82, 2.24) is 4.98 Å². The van der Waals surface area contributed by atoms with E-state index in [1.54, 1.807) is 26.5 Å². The largest absolute Gasteiger partial charge is 0.493 e. The zero-order valence-electron chi connectivity index (χ0n) is 8.02. The molecule has 0 bridgehead atoms. The first-order valence-corrected chi connectivity index (χ1v) is 3.59. The van der Waals surface area contributed by atoms with Gasteiger partial charge < -0.3 is 15.2 Å². The highest BCUT2D eigenvalue weighted by atomic mass is 35.5. The van der Waals surface area contributed by atoms with Crippen LogP contribution in [0.25, 0.3) is 0 Å². The number of pyridine rings is 1. The number of halogens is 2. The summed E-state index contributed by atoms with van der Waals surface area (Å²) < 4.78 is 10.1. The molecule has 0 atom stereocenters. The molecule has 1 heterocycles. The van der Waals surface area contributed by atoms with Crippen molar-refractivity contribution in [2.24, 2.45) is 5.73 Å². The normalized spacial score (nSPS) is 8.21. The Kier molecular flexibility index (Phi) is 8.63. The fourth-order valence-electron chi connectivity index (χ4n) is 0.996. The van der Waals surface area contributed by atoms with Gasteiger partial charge in [0.1, 0.15) is 0 Å². The Bertz CT molecular complexity index is 249. The molecule has 0 aromatic carbocycles. The lowest BCUT2D eigenvalue weighted by Gasteiger charge is -2.09. The third kappa shape index (κ3) is 3.21. The van der Waals surface area contributed by atoms with Crippen LogP contribution in [0.4, 0.5) is 0 Å². The van der Waals surface area contributed by atoms with E-state index in [0.29, 0.717) is 23.7 Å². The number of methoxy groups -OCH3 is 2.